The Balaban J connectivity index is 1.97. The van der Waals surface area contributed by atoms with Crippen LogP contribution in [0, 0.1) is 11.6 Å². The number of rotatable bonds is 7. The van der Waals surface area contributed by atoms with Crippen molar-refractivity contribution < 1.29 is 13.6 Å². The Morgan fingerprint density at radius 1 is 0.793 bits per heavy atom. The molecule has 3 nitrogen and oxygen atoms in total. The second kappa shape index (κ2) is 9.82. The number of anilines is 2. The molecule has 0 aliphatic rings. The van der Waals surface area contributed by atoms with E-state index in [2.05, 4.69) is 6.92 Å². The van der Waals surface area contributed by atoms with Gasteiger partial charge >= 0.3 is 6.03 Å². The zero-order chi connectivity index (χ0) is 20.6. The molecule has 0 spiro atoms. The molecule has 5 heteroatoms. The number of carbonyl (C=O) groups excluding carboxylic acids is 1. The van der Waals surface area contributed by atoms with Crippen LogP contribution in [0.2, 0.25) is 0 Å². The van der Waals surface area contributed by atoms with Crippen molar-refractivity contribution in [1.29, 1.82) is 0 Å². The molecule has 3 rings (SSSR count). The van der Waals surface area contributed by atoms with Crippen LogP contribution in [-0.4, -0.2) is 17.5 Å². The van der Waals surface area contributed by atoms with Crippen molar-refractivity contribution >= 4 is 17.4 Å². The summed E-state index contributed by atoms with van der Waals surface area (Å²) >= 11 is 0. The van der Waals surface area contributed by atoms with Crippen LogP contribution in [0.5, 0.6) is 0 Å². The van der Waals surface area contributed by atoms with Gasteiger partial charge in [0.05, 0.1) is 11.4 Å². The van der Waals surface area contributed by atoms with E-state index >= 15 is 0 Å². The van der Waals surface area contributed by atoms with Crippen LogP contribution < -0.4 is 4.90 Å². The molecule has 0 heterocycles. The van der Waals surface area contributed by atoms with E-state index in [-0.39, 0.29) is 17.7 Å². The zero-order valence-corrected chi connectivity index (χ0v) is 16.4. The van der Waals surface area contributed by atoms with Crippen molar-refractivity contribution in [1.82, 2.24) is 4.90 Å². The normalized spacial score (nSPS) is 10.6. The SMILES string of the molecule is CCCCN(Cc1ccccc1)C(=O)N(c1ccc(F)cc1)c1ccc(F)cc1. The summed E-state index contributed by atoms with van der Waals surface area (Å²) in [5.41, 5.74) is 2.07. The number of nitrogens with zero attached hydrogens (tertiary/aromatic N) is 2. The first-order valence-corrected chi connectivity index (χ1v) is 9.72. The van der Waals surface area contributed by atoms with Gasteiger partial charge in [0.15, 0.2) is 0 Å². The van der Waals surface area contributed by atoms with Gasteiger partial charge in [-0.05, 0) is 60.5 Å². The van der Waals surface area contributed by atoms with Crippen LogP contribution in [0.15, 0.2) is 78.9 Å². The van der Waals surface area contributed by atoms with E-state index in [0.717, 1.165) is 18.4 Å². The molecule has 0 fully saturated rings. The Hall–Kier alpha value is -3.21. The van der Waals surface area contributed by atoms with Gasteiger partial charge in [0.25, 0.3) is 0 Å². The van der Waals surface area contributed by atoms with Crippen molar-refractivity contribution in [2.45, 2.75) is 26.3 Å². The standard InChI is InChI=1S/C24H24F2N2O/c1-2-3-17-27(18-19-7-5-4-6-8-19)24(29)28(22-13-9-20(25)10-14-22)23-15-11-21(26)12-16-23/h4-16H,2-3,17-18H2,1H3. The first kappa shape index (κ1) is 20.5. The lowest BCUT2D eigenvalue weighted by Gasteiger charge is -2.31. The molecule has 0 atom stereocenters. The Morgan fingerprint density at radius 3 is 1.79 bits per heavy atom. The van der Waals surface area contributed by atoms with Crippen LogP contribution >= 0.6 is 0 Å². The van der Waals surface area contributed by atoms with Crippen molar-refractivity contribution in [3.63, 3.8) is 0 Å². The molecule has 0 N–H and O–H groups in total. The van der Waals surface area contributed by atoms with Crippen LogP contribution in [0.25, 0.3) is 0 Å². The average molecular weight is 394 g/mol. The summed E-state index contributed by atoms with van der Waals surface area (Å²) in [5.74, 6) is -0.764. The molecule has 0 saturated carbocycles. The summed E-state index contributed by atoms with van der Waals surface area (Å²) in [7, 11) is 0. The lowest BCUT2D eigenvalue weighted by molar-refractivity contribution is 0.203. The maximum Gasteiger partial charge on any atom is 0.329 e. The predicted molar refractivity (Wildman–Crippen MR) is 112 cm³/mol. The van der Waals surface area contributed by atoms with Gasteiger partial charge in [-0.2, -0.15) is 0 Å². The minimum atomic E-state index is -0.382. The second-order valence-electron chi connectivity index (χ2n) is 6.83. The van der Waals surface area contributed by atoms with Crippen molar-refractivity contribution in [2.24, 2.45) is 0 Å². The number of amides is 2. The third-order valence-electron chi connectivity index (χ3n) is 4.63. The number of hydrogen-bond donors (Lipinski definition) is 0. The molecule has 3 aromatic rings. The smallest absolute Gasteiger partial charge is 0.320 e. The van der Waals surface area contributed by atoms with E-state index in [0.29, 0.717) is 24.5 Å². The van der Waals surface area contributed by atoms with Gasteiger partial charge in [-0.15, -0.1) is 0 Å². The highest BCUT2D eigenvalue weighted by Crippen LogP contribution is 2.28. The largest absolute Gasteiger partial charge is 0.329 e. The van der Waals surface area contributed by atoms with Gasteiger partial charge in [0.2, 0.25) is 0 Å². The molecule has 0 aromatic heterocycles. The summed E-state index contributed by atoms with van der Waals surface area (Å²) in [6, 6.07) is 21.0. The fraction of sp³-hybridized carbons (Fsp3) is 0.208. The molecule has 0 radical (unpaired) electrons. The highest BCUT2D eigenvalue weighted by molar-refractivity contribution is 5.99. The van der Waals surface area contributed by atoms with Gasteiger partial charge in [0.1, 0.15) is 11.6 Å². The maximum absolute atomic E-state index is 13.6. The molecule has 2 amide bonds. The van der Waals surface area contributed by atoms with Gasteiger partial charge in [0, 0.05) is 13.1 Å². The van der Waals surface area contributed by atoms with Crippen molar-refractivity contribution in [3.05, 3.63) is 96.1 Å². The van der Waals surface area contributed by atoms with E-state index in [9.17, 15) is 13.6 Å². The van der Waals surface area contributed by atoms with Crippen LogP contribution in [-0.2, 0) is 6.54 Å². The lowest BCUT2D eigenvalue weighted by atomic mass is 10.2. The summed E-state index contributed by atoms with van der Waals surface area (Å²) < 4.78 is 26.9. The second-order valence-corrected chi connectivity index (χ2v) is 6.83. The average Bonchev–Trinajstić information content (AvgIpc) is 2.74. The zero-order valence-electron chi connectivity index (χ0n) is 16.4. The summed E-state index contributed by atoms with van der Waals surface area (Å²) in [6.07, 6.45) is 1.81. The number of urea groups is 1. The minimum Gasteiger partial charge on any atom is -0.320 e. The Morgan fingerprint density at radius 2 is 1.31 bits per heavy atom. The summed E-state index contributed by atoms with van der Waals surface area (Å²) in [5, 5.41) is 0. The highest BCUT2D eigenvalue weighted by atomic mass is 19.1. The number of halogens is 2. The molecule has 29 heavy (non-hydrogen) atoms. The van der Waals surface area contributed by atoms with E-state index in [1.807, 2.05) is 30.3 Å². The minimum absolute atomic E-state index is 0.236. The van der Waals surface area contributed by atoms with E-state index in [1.165, 1.54) is 29.2 Å². The lowest BCUT2D eigenvalue weighted by Crippen LogP contribution is -2.41. The summed E-state index contributed by atoms with van der Waals surface area (Å²) in [6.45, 7) is 3.12. The number of unbranched alkanes of at least 4 members (excludes halogenated alkanes) is 1. The van der Waals surface area contributed by atoms with Crippen LogP contribution in [0.3, 0.4) is 0 Å². The fourth-order valence-electron chi connectivity index (χ4n) is 3.09. The quantitative estimate of drug-likeness (QED) is 0.447. The predicted octanol–water partition coefficient (Wildman–Crippen LogP) is 6.53. The van der Waals surface area contributed by atoms with Crippen LogP contribution in [0.4, 0.5) is 25.0 Å². The van der Waals surface area contributed by atoms with E-state index < -0.39 is 0 Å². The molecule has 0 bridgehead atoms. The third kappa shape index (κ3) is 5.41. The number of carbonyl (C=O) groups is 1. The topological polar surface area (TPSA) is 23.6 Å². The van der Waals surface area contributed by atoms with Gasteiger partial charge < -0.3 is 4.90 Å². The monoisotopic (exact) mass is 394 g/mol. The first-order chi connectivity index (χ1) is 14.1. The van der Waals surface area contributed by atoms with E-state index in [4.69, 9.17) is 0 Å². The molecular weight excluding hydrogens is 370 g/mol. The molecule has 0 aliphatic carbocycles. The third-order valence-corrected chi connectivity index (χ3v) is 4.63. The fourth-order valence-corrected chi connectivity index (χ4v) is 3.09. The van der Waals surface area contributed by atoms with Gasteiger partial charge in [-0.3, -0.25) is 4.90 Å². The Kier molecular flexibility index (Phi) is 6.95. The molecule has 0 saturated heterocycles. The molecule has 0 unspecified atom stereocenters. The number of hydrogen-bond acceptors (Lipinski definition) is 1. The van der Waals surface area contributed by atoms with Crippen LogP contribution in [0.1, 0.15) is 25.3 Å². The van der Waals surface area contributed by atoms with Crippen molar-refractivity contribution in [3.8, 4) is 0 Å². The summed E-state index contributed by atoms with van der Waals surface area (Å²) in [4.78, 5) is 16.9. The maximum atomic E-state index is 13.6. The van der Waals surface area contributed by atoms with Gasteiger partial charge in [-0.1, -0.05) is 43.7 Å². The van der Waals surface area contributed by atoms with Gasteiger partial charge in [-0.25, -0.2) is 13.6 Å². The van der Waals surface area contributed by atoms with Crippen molar-refractivity contribution in [2.75, 3.05) is 11.4 Å². The molecule has 0 aliphatic heterocycles. The number of benzene rings is 3. The first-order valence-electron chi connectivity index (χ1n) is 9.72. The Bertz CT molecular complexity index is 866. The van der Waals surface area contributed by atoms with E-state index in [1.54, 1.807) is 29.2 Å². The molecular formula is C24H24F2N2O. The molecule has 3 aromatic carbocycles. The Labute approximate surface area is 170 Å². The highest BCUT2D eigenvalue weighted by Gasteiger charge is 2.24. The molecule has 150 valence electrons.